The van der Waals surface area contributed by atoms with Gasteiger partial charge in [0.2, 0.25) is 5.91 Å². The molecule has 1 amide bonds. The molecular formula is C7H5BrFNO2. The molecule has 0 aliphatic rings. The van der Waals surface area contributed by atoms with Crippen LogP contribution in [0.2, 0.25) is 0 Å². The van der Waals surface area contributed by atoms with Crippen molar-refractivity contribution in [3.63, 3.8) is 0 Å². The minimum Gasteiger partial charge on any atom is -0.507 e. The third-order valence-corrected chi connectivity index (χ3v) is 2.12. The van der Waals surface area contributed by atoms with Crippen LogP contribution in [0.25, 0.3) is 0 Å². The summed E-state index contributed by atoms with van der Waals surface area (Å²) in [4.78, 5) is 10.6. The van der Waals surface area contributed by atoms with Crippen molar-refractivity contribution in [3.8, 4) is 5.75 Å². The van der Waals surface area contributed by atoms with Crippen LogP contribution in [0.3, 0.4) is 0 Å². The SMILES string of the molecule is NC(=O)c1cc(F)cc(O)c1Br. The van der Waals surface area contributed by atoms with E-state index in [2.05, 4.69) is 15.9 Å². The Morgan fingerprint density at radius 3 is 2.67 bits per heavy atom. The van der Waals surface area contributed by atoms with Crippen LogP contribution >= 0.6 is 15.9 Å². The number of halogens is 2. The number of aromatic hydroxyl groups is 1. The second-order valence-corrected chi connectivity index (χ2v) is 2.94. The lowest BCUT2D eigenvalue weighted by Crippen LogP contribution is -2.12. The first kappa shape index (κ1) is 8.99. The Labute approximate surface area is 76.1 Å². The molecule has 0 aliphatic carbocycles. The van der Waals surface area contributed by atoms with Crippen molar-refractivity contribution < 1.29 is 14.3 Å². The van der Waals surface area contributed by atoms with E-state index in [1.807, 2.05) is 0 Å². The van der Waals surface area contributed by atoms with Crippen molar-refractivity contribution in [2.75, 3.05) is 0 Å². The van der Waals surface area contributed by atoms with E-state index in [-0.39, 0.29) is 15.8 Å². The standard InChI is InChI=1S/C7H5BrFNO2/c8-6-4(7(10)12)1-3(9)2-5(6)11/h1-2,11H,(H2,10,12). The molecule has 0 atom stereocenters. The van der Waals surface area contributed by atoms with Crippen molar-refractivity contribution in [3.05, 3.63) is 28.0 Å². The number of carbonyl (C=O) groups is 1. The maximum absolute atomic E-state index is 12.6. The molecule has 1 rings (SSSR count). The van der Waals surface area contributed by atoms with Gasteiger partial charge in [0.05, 0.1) is 10.0 Å². The number of phenols is 1. The summed E-state index contributed by atoms with van der Waals surface area (Å²) in [5.74, 6) is -1.84. The molecule has 0 heterocycles. The van der Waals surface area contributed by atoms with Crippen molar-refractivity contribution in [1.82, 2.24) is 0 Å². The van der Waals surface area contributed by atoms with Crippen molar-refractivity contribution in [1.29, 1.82) is 0 Å². The minimum atomic E-state index is -0.795. The van der Waals surface area contributed by atoms with Gasteiger partial charge in [-0.2, -0.15) is 0 Å². The van der Waals surface area contributed by atoms with Crippen LogP contribution in [0, 0.1) is 5.82 Å². The zero-order valence-electron chi connectivity index (χ0n) is 5.84. The summed E-state index contributed by atoms with van der Waals surface area (Å²) in [5, 5.41) is 9.04. The maximum atomic E-state index is 12.6. The molecule has 0 aliphatic heterocycles. The Hall–Kier alpha value is -1.10. The van der Waals surface area contributed by atoms with E-state index < -0.39 is 11.7 Å². The van der Waals surface area contributed by atoms with E-state index in [0.29, 0.717) is 0 Å². The molecule has 1 aromatic carbocycles. The first-order valence-electron chi connectivity index (χ1n) is 3.00. The van der Waals surface area contributed by atoms with Crippen LogP contribution in [-0.2, 0) is 0 Å². The van der Waals surface area contributed by atoms with Crippen LogP contribution in [0.4, 0.5) is 4.39 Å². The molecule has 0 radical (unpaired) electrons. The molecule has 12 heavy (non-hydrogen) atoms. The largest absolute Gasteiger partial charge is 0.507 e. The summed E-state index contributed by atoms with van der Waals surface area (Å²) >= 11 is 2.90. The van der Waals surface area contributed by atoms with Gasteiger partial charge in [-0.15, -0.1) is 0 Å². The second-order valence-electron chi connectivity index (χ2n) is 2.15. The lowest BCUT2D eigenvalue weighted by molar-refractivity contribution is 0.0998. The summed E-state index contributed by atoms with van der Waals surface area (Å²) in [5.41, 5.74) is 4.83. The quantitative estimate of drug-likeness (QED) is 0.771. The summed E-state index contributed by atoms with van der Waals surface area (Å²) < 4.78 is 12.7. The average Bonchev–Trinajstić information content (AvgIpc) is 1.96. The van der Waals surface area contributed by atoms with Gasteiger partial charge in [-0.3, -0.25) is 4.79 Å². The van der Waals surface area contributed by atoms with Crippen molar-refractivity contribution in [2.24, 2.45) is 5.73 Å². The lowest BCUT2D eigenvalue weighted by atomic mass is 10.2. The predicted molar refractivity (Wildman–Crippen MR) is 44.3 cm³/mol. The van der Waals surface area contributed by atoms with Crippen LogP contribution in [0.1, 0.15) is 10.4 Å². The Morgan fingerprint density at radius 1 is 1.58 bits per heavy atom. The van der Waals surface area contributed by atoms with Crippen LogP contribution in [0.15, 0.2) is 16.6 Å². The second kappa shape index (κ2) is 3.10. The third kappa shape index (κ3) is 1.55. The summed E-state index contributed by atoms with van der Waals surface area (Å²) in [6.07, 6.45) is 0. The number of hydrogen-bond donors (Lipinski definition) is 2. The van der Waals surface area contributed by atoms with Gasteiger partial charge in [-0.05, 0) is 22.0 Å². The molecule has 1 aromatic rings. The van der Waals surface area contributed by atoms with Gasteiger partial charge in [0, 0.05) is 6.07 Å². The van der Waals surface area contributed by atoms with Gasteiger partial charge in [0.1, 0.15) is 11.6 Å². The summed E-state index contributed by atoms with van der Waals surface area (Å²) in [6, 6.07) is 1.84. The average molecular weight is 234 g/mol. The Balaban J connectivity index is 3.37. The van der Waals surface area contributed by atoms with E-state index in [1.165, 1.54) is 0 Å². The number of amides is 1. The van der Waals surface area contributed by atoms with E-state index in [0.717, 1.165) is 12.1 Å². The van der Waals surface area contributed by atoms with Crippen LogP contribution < -0.4 is 5.73 Å². The molecule has 0 saturated heterocycles. The highest BCUT2D eigenvalue weighted by Crippen LogP contribution is 2.28. The molecule has 0 bridgehead atoms. The fraction of sp³-hybridized carbons (Fsp3) is 0. The van der Waals surface area contributed by atoms with E-state index in [4.69, 9.17) is 10.8 Å². The highest BCUT2D eigenvalue weighted by Gasteiger charge is 2.11. The number of primary amides is 1. The first-order valence-corrected chi connectivity index (χ1v) is 3.79. The van der Waals surface area contributed by atoms with Gasteiger partial charge in [-0.1, -0.05) is 0 Å². The predicted octanol–water partition coefficient (Wildman–Crippen LogP) is 1.39. The zero-order chi connectivity index (χ0) is 9.30. The Kier molecular flexibility index (Phi) is 2.32. The molecule has 0 unspecified atom stereocenters. The molecule has 64 valence electrons. The Morgan fingerprint density at radius 2 is 2.17 bits per heavy atom. The van der Waals surface area contributed by atoms with Crippen LogP contribution in [-0.4, -0.2) is 11.0 Å². The molecule has 0 spiro atoms. The number of hydrogen-bond acceptors (Lipinski definition) is 2. The van der Waals surface area contributed by atoms with Crippen LogP contribution in [0.5, 0.6) is 5.75 Å². The van der Waals surface area contributed by atoms with Gasteiger partial charge in [-0.25, -0.2) is 4.39 Å². The number of nitrogens with two attached hydrogens (primary N) is 1. The molecule has 0 saturated carbocycles. The lowest BCUT2D eigenvalue weighted by Gasteiger charge is -2.01. The molecular weight excluding hydrogens is 229 g/mol. The molecule has 3 nitrogen and oxygen atoms in total. The number of benzene rings is 1. The molecule has 5 heteroatoms. The Bertz CT molecular complexity index is 340. The van der Waals surface area contributed by atoms with E-state index in [9.17, 15) is 9.18 Å². The normalized spacial score (nSPS) is 9.83. The fourth-order valence-corrected chi connectivity index (χ4v) is 1.18. The summed E-state index contributed by atoms with van der Waals surface area (Å²) in [7, 11) is 0. The molecule has 0 aromatic heterocycles. The van der Waals surface area contributed by atoms with Gasteiger partial charge in [0.25, 0.3) is 0 Å². The fourth-order valence-electron chi connectivity index (χ4n) is 0.754. The zero-order valence-corrected chi connectivity index (χ0v) is 7.43. The van der Waals surface area contributed by atoms with Crippen molar-refractivity contribution >= 4 is 21.8 Å². The smallest absolute Gasteiger partial charge is 0.250 e. The number of rotatable bonds is 1. The monoisotopic (exact) mass is 233 g/mol. The van der Waals surface area contributed by atoms with Gasteiger partial charge >= 0.3 is 0 Å². The molecule has 3 N–H and O–H groups in total. The number of phenolic OH excluding ortho intramolecular Hbond substituents is 1. The number of carbonyl (C=O) groups excluding carboxylic acids is 1. The third-order valence-electron chi connectivity index (χ3n) is 1.28. The summed E-state index contributed by atoms with van der Waals surface area (Å²) in [6.45, 7) is 0. The van der Waals surface area contributed by atoms with Gasteiger partial charge in [0.15, 0.2) is 0 Å². The van der Waals surface area contributed by atoms with E-state index >= 15 is 0 Å². The highest BCUT2D eigenvalue weighted by atomic mass is 79.9. The van der Waals surface area contributed by atoms with Crippen molar-refractivity contribution in [2.45, 2.75) is 0 Å². The maximum Gasteiger partial charge on any atom is 0.250 e. The topological polar surface area (TPSA) is 63.3 Å². The minimum absolute atomic E-state index is 0.0764. The van der Waals surface area contributed by atoms with Gasteiger partial charge < -0.3 is 10.8 Å². The van der Waals surface area contributed by atoms with E-state index in [1.54, 1.807) is 0 Å². The first-order chi connectivity index (χ1) is 5.52. The highest BCUT2D eigenvalue weighted by molar-refractivity contribution is 9.10. The molecule has 0 fully saturated rings.